The molecule has 1 aliphatic carbocycles. The van der Waals surface area contributed by atoms with Gasteiger partial charge in [-0.3, -0.25) is 14.9 Å². The van der Waals surface area contributed by atoms with E-state index >= 15 is 0 Å². The number of hydrogen-bond donors (Lipinski definition) is 2. The van der Waals surface area contributed by atoms with Crippen LogP contribution in [0, 0.1) is 10.7 Å². The van der Waals surface area contributed by atoms with E-state index in [0.29, 0.717) is 17.5 Å². The molecule has 34 heavy (non-hydrogen) atoms. The van der Waals surface area contributed by atoms with E-state index in [-0.39, 0.29) is 29.1 Å². The smallest absolute Gasteiger partial charge is 0.259 e. The average Bonchev–Trinajstić information content (AvgIpc) is 3.50. The molecule has 2 aliphatic heterocycles. The number of carbonyl (C=O) groups excluding carboxylic acids is 2. The van der Waals surface area contributed by atoms with E-state index in [9.17, 15) is 20.0 Å². The van der Waals surface area contributed by atoms with E-state index in [2.05, 4.69) is 19.9 Å². The highest BCUT2D eigenvalue weighted by molar-refractivity contribution is 8.04. The van der Waals surface area contributed by atoms with E-state index < -0.39 is 6.10 Å². The van der Waals surface area contributed by atoms with Crippen molar-refractivity contribution in [2.75, 3.05) is 0 Å². The lowest BCUT2D eigenvalue weighted by Crippen LogP contribution is -2.29. The molecule has 7 nitrogen and oxygen atoms in total. The number of aliphatic hydroxyl groups excluding tert-OH is 1. The molecule has 0 unspecified atom stereocenters. The van der Waals surface area contributed by atoms with Crippen LogP contribution in [0.25, 0.3) is 43.6 Å². The number of benzene rings is 3. The highest BCUT2D eigenvalue weighted by atomic mass is 32.2. The van der Waals surface area contributed by atoms with Gasteiger partial charge in [0.2, 0.25) is 0 Å². The number of amides is 2. The van der Waals surface area contributed by atoms with E-state index in [1.165, 1.54) is 0 Å². The van der Waals surface area contributed by atoms with Crippen LogP contribution in [0.4, 0.5) is 0 Å². The van der Waals surface area contributed by atoms with Crippen molar-refractivity contribution in [1.82, 2.24) is 14.5 Å². The van der Waals surface area contributed by atoms with Gasteiger partial charge < -0.3 is 14.2 Å². The van der Waals surface area contributed by atoms with Crippen molar-refractivity contribution in [1.29, 1.82) is 5.26 Å². The number of nitrogens with one attached hydrogen (secondary N) is 1. The molecule has 4 atom stereocenters. The standard InChI is InChI=1S/C26H16N4O3S/c27-10-34-24-16-9-15(23(24)31)29-13-7-3-1-5-11(13)17-19-20(26(33)28-25(19)32)18-12-6-2-4-8-14(12)30(16)22(18)21(17)29/h1-8,15-16,23-24,31H,9H2,(H,28,32,33)/t15-,16+,23+,24+/m0/s1. The van der Waals surface area contributed by atoms with E-state index in [1.807, 2.05) is 48.5 Å². The van der Waals surface area contributed by atoms with Crippen LogP contribution >= 0.6 is 11.8 Å². The highest BCUT2D eigenvalue weighted by Gasteiger charge is 2.50. The largest absolute Gasteiger partial charge is 0.390 e. The topological polar surface area (TPSA) is 100 Å². The third-order valence-electron chi connectivity index (χ3n) is 7.92. The van der Waals surface area contributed by atoms with Gasteiger partial charge in [0.25, 0.3) is 11.8 Å². The first-order valence-corrected chi connectivity index (χ1v) is 12.1. The van der Waals surface area contributed by atoms with Gasteiger partial charge in [-0.25, -0.2) is 0 Å². The fourth-order valence-electron chi connectivity index (χ4n) is 6.81. The maximum absolute atomic E-state index is 13.2. The lowest BCUT2D eigenvalue weighted by atomic mass is 9.96. The Morgan fingerprint density at radius 1 is 0.882 bits per heavy atom. The van der Waals surface area contributed by atoms with Crippen molar-refractivity contribution in [3.63, 3.8) is 0 Å². The third-order valence-corrected chi connectivity index (χ3v) is 8.89. The molecule has 0 saturated heterocycles. The number of thiocyanates is 1. The molecule has 5 aromatic rings. The fraction of sp³-hybridized carbons (Fsp3) is 0.192. The minimum Gasteiger partial charge on any atom is -0.390 e. The van der Waals surface area contributed by atoms with Crippen LogP contribution in [0.5, 0.6) is 0 Å². The maximum atomic E-state index is 13.2. The first-order chi connectivity index (χ1) is 16.6. The zero-order chi connectivity index (χ0) is 22.9. The molecule has 8 rings (SSSR count). The van der Waals surface area contributed by atoms with E-state index in [1.54, 1.807) is 0 Å². The first kappa shape index (κ1) is 18.6. The van der Waals surface area contributed by atoms with E-state index in [0.717, 1.165) is 55.4 Å². The highest BCUT2D eigenvalue weighted by Crippen LogP contribution is 2.55. The minimum absolute atomic E-state index is 0.132. The van der Waals surface area contributed by atoms with E-state index in [4.69, 9.17) is 0 Å². The number of nitriles is 1. The monoisotopic (exact) mass is 464 g/mol. The zero-order valence-electron chi connectivity index (χ0n) is 17.6. The summed E-state index contributed by atoms with van der Waals surface area (Å²) < 4.78 is 4.39. The Balaban J connectivity index is 1.74. The molecule has 8 heteroatoms. The number of thioether (sulfide) groups is 1. The predicted octanol–water partition coefficient (Wildman–Crippen LogP) is 4.23. The van der Waals surface area contributed by atoms with Gasteiger partial charge in [-0.05, 0) is 30.3 Å². The molecular weight excluding hydrogens is 448 g/mol. The second kappa shape index (κ2) is 6.00. The Hall–Kier alpha value is -3.80. The fourth-order valence-corrected chi connectivity index (χ4v) is 7.64. The van der Waals surface area contributed by atoms with Crippen molar-refractivity contribution in [2.45, 2.75) is 29.9 Å². The predicted molar refractivity (Wildman–Crippen MR) is 130 cm³/mol. The molecule has 1 fully saturated rings. The summed E-state index contributed by atoms with van der Waals surface area (Å²) in [5, 5.41) is 28.8. The average molecular weight is 465 g/mol. The molecule has 2 N–H and O–H groups in total. The number of aliphatic hydroxyl groups is 1. The molecule has 164 valence electrons. The zero-order valence-corrected chi connectivity index (χ0v) is 18.5. The van der Waals surface area contributed by atoms with Gasteiger partial charge in [-0.2, -0.15) is 5.26 Å². The van der Waals surface area contributed by atoms with Crippen molar-refractivity contribution in [2.24, 2.45) is 0 Å². The summed E-state index contributed by atoms with van der Waals surface area (Å²) in [7, 11) is 0. The molecular formula is C26H16N4O3S. The van der Waals surface area contributed by atoms with Crippen LogP contribution in [0.15, 0.2) is 48.5 Å². The Morgan fingerprint density at radius 3 is 1.97 bits per heavy atom. The molecule has 2 aromatic heterocycles. The molecule has 0 radical (unpaired) electrons. The second-order valence-corrected chi connectivity index (χ2v) is 10.3. The van der Waals surface area contributed by atoms with Crippen LogP contribution in [0.2, 0.25) is 0 Å². The molecule has 2 bridgehead atoms. The molecule has 3 aliphatic rings. The summed E-state index contributed by atoms with van der Waals surface area (Å²) in [4.78, 5) is 26.3. The third kappa shape index (κ3) is 1.89. The summed E-state index contributed by atoms with van der Waals surface area (Å²) in [5.74, 6) is -0.756. The summed E-state index contributed by atoms with van der Waals surface area (Å²) >= 11 is 1.12. The number of nitrogens with zero attached hydrogens (tertiary/aromatic N) is 3. The van der Waals surface area contributed by atoms with Crippen LogP contribution < -0.4 is 5.32 Å². The Bertz CT molecular complexity index is 1840. The minimum atomic E-state index is -0.735. The maximum Gasteiger partial charge on any atom is 0.259 e. The molecule has 0 spiro atoms. The van der Waals surface area contributed by atoms with Gasteiger partial charge in [-0.15, -0.1) is 0 Å². The number of aromatic nitrogens is 2. The lowest BCUT2D eigenvalue weighted by Gasteiger charge is -2.25. The number of carbonyl (C=O) groups is 2. The van der Waals surface area contributed by atoms with Gasteiger partial charge >= 0.3 is 0 Å². The second-order valence-electron chi connectivity index (χ2n) is 9.29. The normalized spacial score (nSPS) is 24.9. The molecule has 3 aromatic carbocycles. The van der Waals surface area contributed by atoms with Gasteiger partial charge in [0, 0.05) is 32.6 Å². The number of para-hydroxylation sites is 2. The molecule has 1 saturated carbocycles. The number of rotatable bonds is 1. The van der Waals surface area contributed by atoms with Crippen LogP contribution in [-0.4, -0.2) is 37.4 Å². The lowest BCUT2D eigenvalue weighted by molar-refractivity contribution is 0.0880. The number of fused-ring (bicyclic) bond motifs is 13. The number of imide groups is 1. The molecule has 2 amide bonds. The number of hydrogen-bond acceptors (Lipinski definition) is 5. The van der Waals surface area contributed by atoms with Gasteiger partial charge in [0.1, 0.15) is 5.40 Å². The SMILES string of the molecule is N#CS[C@H]1[C@H](O)[C@@H]2C[C@H]1n1c3ccccc3c3c4c(c5c6ccccc6n2c5c31)C(=O)NC4=O. The van der Waals surface area contributed by atoms with Crippen molar-refractivity contribution < 1.29 is 14.7 Å². The van der Waals surface area contributed by atoms with Crippen LogP contribution in [0.3, 0.4) is 0 Å². The first-order valence-electron chi connectivity index (χ1n) is 11.2. The van der Waals surface area contributed by atoms with Gasteiger partial charge in [0.05, 0.1) is 45.6 Å². The van der Waals surface area contributed by atoms with Crippen molar-refractivity contribution >= 4 is 67.2 Å². The Labute approximate surface area is 196 Å². The quantitative estimate of drug-likeness (QED) is 0.286. The summed E-state index contributed by atoms with van der Waals surface area (Å²) in [6, 6.07) is 15.4. The molecule has 4 heterocycles. The Kier molecular flexibility index (Phi) is 3.28. The van der Waals surface area contributed by atoms with Gasteiger partial charge in [-0.1, -0.05) is 36.4 Å². The van der Waals surface area contributed by atoms with Gasteiger partial charge in [0.15, 0.2) is 0 Å². The summed E-state index contributed by atoms with van der Waals surface area (Å²) in [5.41, 5.74) is 4.48. The van der Waals surface area contributed by atoms with Crippen LogP contribution in [-0.2, 0) is 0 Å². The summed E-state index contributed by atoms with van der Waals surface area (Å²) in [6.45, 7) is 0. The van der Waals surface area contributed by atoms with Crippen molar-refractivity contribution in [3.8, 4) is 5.40 Å². The van der Waals surface area contributed by atoms with Crippen LogP contribution in [0.1, 0.15) is 39.2 Å². The Morgan fingerprint density at radius 2 is 1.41 bits per heavy atom. The van der Waals surface area contributed by atoms with Crippen molar-refractivity contribution in [3.05, 3.63) is 59.7 Å². The summed E-state index contributed by atoms with van der Waals surface area (Å²) in [6.07, 6.45) is -0.0802.